The van der Waals surface area contributed by atoms with Crippen molar-refractivity contribution in [2.75, 3.05) is 18.7 Å². The summed E-state index contributed by atoms with van der Waals surface area (Å²) in [4.78, 5) is 25.2. The highest BCUT2D eigenvalue weighted by Crippen LogP contribution is 2.27. The number of methoxy groups -OCH3 is 1. The highest BCUT2D eigenvalue weighted by Gasteiger charge is 2.17. The van der Waals surface area contributed by atoms with Crippen molar-refractivity contribution in [3.63, 3.8) is 0 Å². The van der Waals surface area contributed by atoms with Gasteiger partial charge in [-0.1, -0.05) is 23.7 Å². The first kappa shape index (κ1) is 20.9. The molecule has 1 atom stereocenters. The van der Waals surface area contributed by atoms with Gasteiger partial charge in [-0.15, -0.1) is 11.8 Å². The molecule has 0 aromatic heterocycles. The summed E-state index contributed by atoms with van der Waals surface area (Å²) in [6.07, 6.45) is 3.97. The van der Waals surface area contributed by atoms with Crippen LogP contribution in [0.3, 0.4) is 0 Å². The maximum absolute atomic E-state index is 12.2. The minimum atomic E-state index is -0.957. The van der Waals surface area contributed by atoms with Crippen LogP contribution >= 0.6 is 23.4 Å². The van der Waals surface area contributed by atoms with Crippen LogP contribution in [-0.4, -0.2) is 31.3 Å². The molecule has 0 spiro atoms. The third-order valence-electron chi connectivity index (χ3n) is 3.61. The summed E-state index contributed by atoms with van der Waals surface area (Å²) in [6, 6.07) is 12.6. The molecule has 0 unspecified atom stereocenters. The van der Waals surface area contributed by atoms with E-state index >= 15 is 0 Å². The van der Waals surface area contributed by atoms with E-state index in [0.29, 0.717) is 16.5 Å². The number of carbonyl (C=O) groups is 2. The number of benzene rings is 2. The molecule has 0 radical (unpaired) electrons. The molecule has 0 aliphatic rings. The number of halogens is 1. The van der Waals surface area contributed by atoms with Crippen LogP contribution in [0.2, 0.25) is 5.02 Å². The fourth-order valence-corrected chi connectivity index (χ4v) is 2.80. The number of carbonyl (C=O) groups excluding carboxylic acids is 2. The third-order valence-corrected chi connectivity index (χ3v) is 4.65. The van der Waals surface area contributed by atoms with Gasteiger partial charge in [0.2, 0.25) is 0 Å². The molecule has 0 aliphatic heterocycles. The van der Waals surface area contributed by atoms with Gasteiger partial charge in [0.15, 0.2) is 6.10 Å². The second-order valence-corrected chi connectivity index (χ2v) is 6.81. The van der Waals surface area contributed by atoms with Crippen LogP contribution in [0, 0.1) is 0 Å². The molecule has 0 fully saturated rings. The zero-order valence-corrected chi connectivity index (χ0v) is 16.8. The van der Waals surface area contributed by atoms with E-state index in [1.807, 2.05) is 30.5 Å². The van der Waals surface area contributed by atoms with E-state index in [-0.39, 0.29) is 0 Å². The van der Waals surface area contributed by atoms with Gasteiger partial charge in [0.25, 0.3) is 5.91 Å². The zero-order valence-electron chi connectivity index (χ0n) is 15.2. The third kappa shape index (κ3) is 6.34. The van der Waals surface area contributed by atoms with Crippen LogP contribution < -0.4 is 10.1 Å². The molecule has 7 heteroatoms. The fraction of sp³-hybridized carbons (Fsp3) is 0.200. The molecule has 5 nitrogen and oxygen atoms in total. The topological polar surface area (TPSA) is 64.6 Å². The van der Waals surface area contributed by atoms with Gasteiger partial charge >= 0.3 is 5.97 Å². The summed E-state index contributed by atoms with van der Waals surface area (Å²) in [5.41, 5.74) is 1.35. The van der Waals surface area contributed by atoms with Crippen molar-refractivity contribution in [3.8, 4) is 5.75 Å². The monoisotopic (exact) mass is 405 g/mol. The molecule has 2 aromatic rings. The lowest BCUT2D eigenvalue weighted by Gasteiger charge is -2.13. The largest absolute Gasteiger partial charge is 0.495 e. The number of ether oxygens (including phenoxy) is 2. The Morgan fingerprint density at radius 2 is 1.89 bits per heavy atom. The van der Waals surface area contributed by atoms with Crippen molar-refractivity contribution in [1.82, 2.24) is 0 Å². The number of hydrogen-bond acceptors (Lipinski definition) is 5. The van der Waals surface area contributed by atoms with Crippen LogP contribution in [0.1, 0.15) is 12.5 Å². The normalized spacial score (nSPS) is 11.9. The smallest absolute Gasteiger partial charge is 0.331 e. The molecule has 1 N–H and O–H groups in total. The SMILES string of the molecule is COc1ccc(NC(=O)[C@H](C)OC(=O)/C=C/c2ccc(SC)cc2)cc1Cl. The van der Waals surface area contributed by atoms with Crippen molar-refractivity contribution >= 4 is 47.0 Å². The van der Waals surface area contributed by atoms with Gasteiger partial charge in [0, 0.05) is 16.7 Å². The number of hydrogen-bond donors (Lipinski definition) is 1. The molecule has 0 aliphatic carbocycles. The summed E-state index contributed by atoms with van der Waals surface area (Å²) >= 11 is 7.66. The van der Waals surface area contributed by atoms with Crippen molar-refractivity contribution in [2.45, 2.75) is 17.9 Å². The lowest BCUT2D eigenvalue weighted by atomic mass is 10.2. The predicted octanol–water partition coefficient (Wildman–Crippen LogP) is 4.65. The first-order chi connectivity index (χ1) is 12.9. The van der Waals surface area contributed by atoms with Gasteiger partial charge in [0.05, 0.1) is 12.1 Å². The number of amides is 1. The summed E-state index contributed by atoms with van der Waals surface area (Å²) in [5, 5.41) is 3.01. The second-order valence-electron chi connectivity index (χ2n) is 5.52. The van der Waals surface area contributed by atoms with Crippen LogP contribution in [0.15, 0.2) is 53.4 Å². The molecule has 0 saturated heterocycles. The lowest BCUT2D eigenvalue weighted by Crippen LogP contribution is -2.29. The Hall–Kier alpha value is -2.44. The first-order valence-corrected chi connectivity index (χ1v) is 9.70. The van der Waals surface area contributed by atoms with E-state index in [2.05, 4.69) is 5.32 Å². The van der Waals surface area contributed by atoms with E-state index in [0.717, 1.165) is 10.5 Å². The van der Waals surface area contributed by atoms with E-state index in [9.17, 15) is 9.59 Å². The highest BCUT2D eigenvalue weighted by molar-refractivity contribution is 7.98. The highest BCUT2D eigenvalue weighted by atomic mass is 35.5. The molecule has 0 saturated carbocycles. The predicted molar refractivity (Wildman–Crippen MR) is 109 cm³/mol. The van der Waals surface area contributed by atoms with Gasteiger partial charge in [-0.05, 0) is 55.2 Å². The van der Waals surface area contributed by atoms with Crippen molar-refractivity contribution in [2.24, 2.45) is 0 Å². The van der Waals surface area contributed by atoms with Gasteiger partial charge in [0.1, 0.15) is 5.75 Å². The molecular weight excluding hydrogens is 386 g/mol. The van der Waals surface area contributed by atoms with Crippen LogP contribution in [-0.2, 0) is 14.3 Å². The van der Waals surface area contributed by atoms with Gasteiger partial charge < -0.3 is 14.8 Å². The first-order valence-electron chi connectivity index (χ1n) is 8.10. The molecule has 2 rings (SSSR count). The summed E-state index contributed by atoms with van der Waals surface area (Å²) in [7, 11) is 1.51. The quantitative estimate of drug-likeness (QED) is 0.412. The molecule has 1 amide bonds. The molecule has 0 heterocycles. The van der Waals surface area contributed by atoms with Crippen LogP contribution in [0.4, 0.5) is 5.69 Å². The van der Waals surface area contributed by atoms with E-state index in [1.165, 1.54) is 20.1 Å². The Labute approximate surface area is 167 Å². The van der Waals surface area contributed by atoms with E-state index in [1.54, 1.807) is 36.0 Å². The minimum Gasteiger partial charge on any atom is -0.495 e. The number of anilines is 1. The number of thioether (sulfide) groups is 1. The summed E-state index contributed by atoms with van der Waals surface area (Å²) < 4.78 is 10.2. The molecule has 142 valence electrons. The zero-order chi connectivity index (χ0) is 19.8. The molecular formula is C20H20ClNO4S. The van der Waals surface area contributed by atoms with Crippen molar-refractivity contribution in [3.05, 3.63) is 59.1 Å². The Morgan fingerprint density at radius 3 is 2.48 bits per heavy atom. The van der Waals surface area contributed by atoms with Gasteiger partial charge in [-0.2, -0.15) is 0 Å². The second kappa shape index (κ2) is 10.0. The standard InChI is InChI=1S/C20H20ClNO4S/c1-13(20(24)22-15-7-10-18(25-2)17(21)12-15)26-19(23)11-6-14-4-8-16(27-3)9-5-14/h4-13H,1-3H3,(H,22,24)/b11-6+/t13-/m0/s1. The van der Waals surface area contributed by atoms with Crippen molar-refractivity contribution < 1.29 is 19.1 Å². The van der Waals surface area contributed by atoms with E-state index < -0.39 is 18.0 Å². The Balaban J connectivity index is 1.89. The summed E-state index contributed by atoms with van der Waals surface area (Å²) in [5.74, 6) is -0.550. The number of esters is 1. The van der Waals surface area contributed by atoms with Gasteiger partial charge in [-0.3, -0.25) is 4.79 Å². The maximum Gasteiger partial charge on any atom is 0.331 e. The average Bonchev–Trinajstić information content (AvgIpc) is 2.66. The van der Waals surface area contributed by atoms with Crippen LogP contribution in [0.5, 0.6) is 5.75 Å². The molecule has 2 aromatic carbocycles. The molecule has 27 heavy (non-hydrogen) atoms. The number of nitrogens with one attached hydrogen (secondary N) is 1. The van der Waals surface area contributed by atoms with Gasteiger partial charge in [-0.25, -0.2) is 4.79 Å². The molecule has 0 bridgehead atoms. The lowest BCUT2D eigenvalue weighted by molar-refractivity contribution is -0.148. The van der Waals surface area contributed by atoms with E-state index in [4.69, 9.17) is 21.1 Å². The summed E-state index contributed by atoms with van der Waals surface area (Å²) in [6.45, 7) is 1.50. The van der Waals surface area contributed by atoms with Crippen molar-refractivity contribution in [1.29, 1.82) is 0 Å². The Bertz CT molecular complexity index is 836. The van der Waals surface area contributed by atoms with Crippen LogP contribution in [0.25, 0.3) is 6.08 Å². The Kier molecular flexibility index (Phi) is 7.76. The number of rotatable bonds is 7. The Morgan fingerprint density at radius 1 is 1.19 bits per heavy atom. The maximum atomic E-state index is 12.2. The fourth-order valence-electron chi connectivity index (χ4n) is 2.13. The minimum absolute atomic E-state index is 0.371. The average molecular weight is 406 g/mol.